The normalized spacial score (nSPS) is 14.2. The second kappa shape index (κ2) is 9.68. The van der Waals surface area contributed by atoms with Crippen LogP contribution in [0.5, 0.6) is 0 Å². The van der Waals surface area contributed by atoms with Crippen LogP contribution in [0.1, 0.15) is 36.5 Å². The Morgan fingerprint density at radius 3 is 2.25 bits per heavy atom. The van der Waals surface area contributed by atoms with E-state index < -0.39 is 0 Å². The van der Waals surface area contributed by atoms with E-state index in [9.17, 15) is 9.18 Å². The van der Waals surface area contributed by atoms with Crippen LogP contribution in [-0.2, 0) is 11.2 Å². The van der Waals surface area contributed by atoms with Crippen LogP contribution in [-0.4, -0.2) is 56.7 Å². The van der Waals surface area contributed by atoms with E-state index in [1.807, 2.05) is 25.7 Å². The number of piperazine rings is 1. The zero-order valence-electron chi connectivity index (χ0n) is 21.2. The van der Waals surface area contributed by atoms with Crippen LogP contribution in [0.3, 0.4) is 0 Å². The number of aromatic nitrogens is 4. The van der Waals surface area contributed by atoms with Crippen LogP contribution >= 0.6 is 0 Å². The molecule has 5 rings (SSSR count). The predicted molar refractivity (Wildman–Crippen MR) is 139 cm³/mol. The predicted octanol–water partition coefficient (Wildman–Crippen LogP) is 4.47. The molecule has 36 heavy (non-hydrogen) atoms. The van der Waals surface area contributed by atoms with E-state index in [1.165, 1.54) is 17.7 Å². The fourth-order valence-electron chi connectivity index (χ4n) is 4.67. The van der Waals surface area contributed by atoms with Gasteiger partial charge in [0.05, 0.1) is 16.8 Å². The highest BCUT2D eigenvalue weighted by Gasteiger charge is 2.27. The van der Waals surface area contributed by atoms with Gasteiger partial charge in [-0.1, -0.05) is 43.7 Å². The highest BCUT2D eigenvalue weighted by molar-refractivity contribution is 5.91. The molecule has 1 aliphatic rings. The molecule has 2 aromatic heterocycles. The Morgan fingerprint density at radius 1 is 0.944 bits per heavy atom. The summed E-state index contributed by atoms with van der Waals surface area (Å²) < 4.78 is 15.4. The van der Waals surface area contributed by atoms with Gasteiger partial charge in [-0.3, -0.25) is 4.79 Å². The molecule has 0 bridgehead atoms. The highest BCUT2D eigenvalue weighted by atomic mass is 19.1. The van der Waals surface area contributed by atoms with Crippen molar-refractivity contribution < 1.29 is 9.18 Å². The van der Waals surface area contributed by atoms with Crippen molar-refractivity contribution in [2.45, 2.75) is 34.1 Å². The van der Waals surface area contributed by atoms with E-state index in [0.717, 1.165) is 28.1 Å². The number of halogens is 1. The minimum atomic E-state index is -0.295. The third-order valence-electron chi connectivity index (χ3n) is 6.67. The van der Waals surface area contributed by atoms with Gasteiger partial charge < -0.3 is 9.80 Å². The van der Waals surface area contributed by atoms with Gasteiger partial charge in [-0.15, -0.1) is 0 Å². The Kier molecular flexibility index (Phi) is 6.43. The summed E-state index contributed by atoms with van der Waals surface area (Å²) in [5.74, 6) is 1.41. The summed E-state index contributed by atoms with van der Waals surface area (Å²) in [6.07, 6.45) is 0.586. The van der Waals surface area contributed by atoms with Crippen molar-refractivity contribution in [1.82, 2.24) is 24.6 Å². The lowest BCUT2D eigenvalue weighted by Gasteiger charge is -2.36. The Labute approximate surface area is 210 Å². The third kappa shape index (κ3) is 4.67. The van der Waals surface area contributed by atoms with Crippen molar-refractivity contribution in [3.05, 3.63) is 77.0 Å². The number of fused-ring (bicyclic) bond motifs is 1. The first-order valence-electron chi connectivity index (χ1n) is 12.4. The van der Waals surface area contributed by atoms with Crippen molar-refractivity contribution in [3.8, 4) is 5.69 Å². The molecular formula is C28H31FN6O. The Hall–Kier alpha value is -3.81. The Morgan fingerprint density at radius 2 is 1.61 bits per heavy atom. The number of anilines is 1. The number of hydrogen-bond donors (Lipinski definition) is 0. The van der Waals surface area contributed by atoms with Gasteiger partial charge in [0.2, 0.25) is 5.91 Å². The summed E-state index contributed by atoms with van der Waals surface area (Å²) in [5.41, 5.74) is 4.59. The third-order valence-corrected chi connectivity index (χ3v) is 6.67. The number of aryl methyl sites for hydroxylation is 2. The first-order valence-corrected chi connectivity index (χ1v) is 12.4. The van der Waals surface area contributed by atoms with Gasteiger partial charge in [-0.25, -0.2) is 19.0 Å². The molecule has 0 unspecified atom stereocenters. The SMILES string of the molecule is Cc1ccc(Cc2nc(N3CCN(C(=O)C(C)C)CC3)c3c(C)nn(-c4ccc(F)cc4)c3n2)cc1. The number of rotatable bonds is 5. The van der Waals surface area contributed by atoms with E-state index in [1.54, 1.807) is 16.8 Å². The molecule has 1 saturated heterocycles. The number of hydrogen-bond acceptors (Lipinski definition) is 5. The van der Waals surface area contributed by atoms with Gasteiger partial charge in [0, 0.05) is 38.5 Å². The molecule has 1 amide bonds. The monoisotopic (exact) mass is 486 g/mol. The minimum Gasteiger partial charge on any atom is -0.352 e. The number of amides is 1. The first kappa shape index (κ1) is 23.9. The van der Waals surface area contributed by atoms with Gasteiger partial charge in [0.1, 0.15) is 17.5 Å². The van der Waals surface area contributed by atoms with E-state index in [2.05, 4.69) is 36.1 Å². The minimum absolute atomic E-state index is 0.0143. The maximum atomic E-state index is 13.6. The summed E-state index contributed by atoms with van der Waals surface area (Å²) in [6.45, 7) is 10.6. The average Bonchev–Trinajstić information content (AvgIpc) is 3.21. The van der Waals surface area contributed by atoms with E-state index >= 15 is 0 Å². The molecule has 0 aliphatic carbocycles. The standard InChI is InChI=1S/C28H31FN6O/c1-18(2)28(36)34-15-13-33(14-16-34)26-25-20(4)32-35(23-11-9-22(29)10-12-23)27(25)31-24(30-26)17-21-7-5-19(3)6-8-21/h5-12,18H,13-17H2,1-4H3. The van der Waals surface area contributed by atoms with Crippen LogP contribution in [0.2, 0.25) is 0 Å². The molecular weight excluding hydrogens is 455 g/mol. The molecule has 4 aromatic rings. The zero-order valence-corrected chi connectivity index (χ0v) is 21.2. The molecule has 8 heteroatoms. The largest absolute Gasteiger partial charge is 0.352 e. The quantitative estimate of drug-likeness (QED) is 0.417. The van der Waals surface area contributed by atoms with Gasteiger partial charge in [0.25, 0.3) is 0 Å². The summed E-state index contributed by atoms with van der Waals surface area (Å²) in [7, 11) is 0. The molecule has 0 radical (unpaired) electrons. The average molecular weight is 487 g/mol. The Balaban J connectivity index is 1.57. The molecule has 186 valence electrons. The number of carbonyl (C=O) groups excluding carboxylic acids is 1. The molecule has 1 aliphatic heterocycles. The van der Waals surface area contributed by atoms with Crippen LogP contribution in [0.15, 0.2) is 48.5 Å². The maximum absolute atomic E-state index is 13.6. The van der Waals surface area contributed by atoms with Crippen LogP contribution in [0.25, 0.3) is 16.7 Å². The maximum Gasteiger partial charge on any atom is 0.225 e. The fourth-order valence-corrected chi connectivity index (χ4v) is 4.67. The second-order valence-corrected chi connectivity index (χ2v) is 9.77. The fraction of sp³-hybridized carbons (Fsp3) is 0.357. The van der Waals surface area contributed by atoms with Gasteiger partial charge in [-0.05, 0) is 43.7 Å². The second-order valence-electron chi connectivity index (χ2n) is 9.77. The van der Waals surface area contributed by atoms with Crippen molar-refractivity contribution >= 4 is 22.8 Å². The van der Waals surface area contributed by atoms with Crippen molar-refractivity contribution in [2.24, 2.45) is 5.92 Å². The molecule has 7 nitrogen and oxygen atoms in total. The molecule has 3 heterocycles. The van der Waals surface area contributed by atoms with Gasteiger partial charge in [-0.2, -0.15) is 5.10 Å². The topological polar surface area (TPSA) is 67.2 Å². The highest BCUT2D eigenvalue weighted by Crippen LogP contribution is 2.30. The van der Waals surface area contributed by atoms with Crippen LogP contribution in [0.4, 0.5) is 10.2 Å². The number of carbonyl (C=O) groups is 1. The zero-order chi connectivity index (χ0) is 25.4. The number of benzene rings is 2. The van der Waals surface area contributed by atoms with Crippen molar-refractivity contribution in [3.63, 3.8) is 0 Å². The number of nitrogens with zero attached hydrogens (tertiary/aromatic N) is 6. The molecule has 0 N–H and O–H groups in total. The van der Waals surface area contributed by atoms with E-state index in [-0.39, 0.29) is 17.6 Å². The van der Waals surface area contributed by atoms with E-state index in [0.29, 0.717) is 44.1 Å². The summed E-state index contributed by atoms with van der Waals surface area (Å²) in [6, 6.07) is 14.6. The lowest BCUT2D eigenvalue weighted by atomic mass is 10.1. The first-order chi connectivity index (χ1) is 17.3. The van der Waals surface area contributed by atoms with E-state index in [4.69, 9.17) is 15.1 Å². The molecule has 1 fully saturated rings. The lowest BCUT2D eigenvalue weighted by Crippen LogP contribution is -2.50. The summed E-state index contributed by atoms with van der Waals surface area (Å²) in [5, 5.41) is 5.66. The molecule has 0 spiro atoms. The van der Waals surface area contributed by atoms with Crippen LogP contribution < -0.4 is 4.90 Å². The molecule has 0 saturated carbocycles. The summed E-state index contributed by atoms with van der Waals surface area (Å²) in [4.78, 5) is 26.6. The molecule has 2 aromatic carbocycles. The van der Waals surface area contributed by atoms with Gasteiger partial charge >= 0.3 is 0 Å². The van der Waals surface area contributed by atoms with Gasteiger partial charge in [0.15, 0.2) is 5.65 Å². The molecule has 0 atom stereocenters. The van der Waals surface area contributed by atoms with Crippen molar-refractivity contribution in [2.75, 3.05) is 31.1 Å². The van der Waals surface area contributed by atoms with Crippen LogP contribution in [0, 0.1) is 25.6 Å². The lowest BCUT2D eigenvalue weighted by molar-refractivity contribution is -0.134. The summed E-state index contributed by atoms with van der Waals surface area (Å²) >= 11 is 0. The Bertz CT molecular complexity index is 1390. The smallest absolute Gasteiger partial charge is 0.225 e. The van der Waals surface area contributed by atoms with Crippen molar-refractivity contribution in [1.29, 1.82) is 0 Å².